The van der Waals surface area contributed by atoms with Crippen molar-refractivity contribution in [3.8, 4) is 0 Å². The third-order valence-electron chi connectivity index (χ3n) is 5.83. The van der Waals surface area contributed by atoms with Crippen LogP contribution in [-0.2, 0) is 9.59 Å². The molecular weight excluding hydrogens is 475 g/mol. The summed E-state index contributed by atoms with van der Waals surface area (Å²) in [5.41, 5.74) is 2.06. The van der Waals surface area contributed by atoms with Crippen LogP contribution in [0.3, 0.4) is 0 Å². The molecule has 4 rings (SSSR count). The zero-order valence-corrected chi connectivity index (χ0v) is 19.9. The number of carboxylic acid groups (broad SMARTS) is 1. The average molecular weight is 496 g/mol. The van der Waals surface area contributed by atoms with Crippen LogP contribution in [0.5, 0.6) is 0 Å². The van der Waals surface area contributed by atoms with E-state index in [1.54, 1.807) is 36.4 Å². The van der Waals surface area contributed by atoms with Gasteiger partial charge in [0.25, 0.3) is 11.8 Å². The first-order valence-electron chi connectivity index (χ1n) is 10.7. The second-order valence-corrected chi connectivity index (χ2v) is 9.26. The molecule has 1 aliphatic heterocycles. The van der Waals surface area contributed by atoms with Gasteiger partial charge < -0.3 is 20.1 Å². The Hall–Kier alpha value is -3.35. The predicted molar refractivity (Wildman–Crippen MR) is 129 cm³/mol. The van der Waals surface area contributed by atoms with Crippen LogP contribution in [0.25, 0.3) is 0 Å². The van der Waals surface area contributed by atoms with Gasteiger partial charge in [-0.2, -0.15) is 0 Å². The van der Waals surface area contributed by atoms with Crippen LogP contribution < -0.4 is 10.4 Å². The molecular formula is C26H21Cl2N2O4-. The molecule has 34 heavy (non-hydrogen) atoms. The van der Waals surface area contributed by atoms with Gasteiger partial charge in [-0.3, -0.25) is 9.59 Å². The minimum absolute atomic E-state index is 0.116. The fraction of sp³-hybridized carbons (Fsp3) is 0.192. The van der Waals surface area contributed by atoms with E-state index in [0.717, 1.165) is 10.5 Å². The van der Waals surface area contributed by atoms with Crippen LogP contribution in [-0.4, -0.2) is 22.7 Å². The van der Waals surface area contributed by atoms with Crippen molar-refractivity contribution in [2.24, 2.45) is 0 Å². The van der Waals surface area contributed by atoms with E-state index in [2.05, 4.69) is 5.32 Å². The van der Waals surface area contributed by atoms with Gasteiger partial charge in [0.1, 0.15) is 6.04 Å². The molecule has 1 N–H and O–H groups in total. The summed E-state index contributed by atoms with van der Waals surface area (Å²) < 4.78 is 0. The number of fused-ring (bicyclic) bond motifs is 1. The molecule has 3 aromatic rings. The van der Waals surface area contributed by atoms with E-state index in [1.807, 2.05) is 19.9 Å². The molecule has 6 nitrogen and oxygen atoms in total. The van der Waals surface area contributed by atoms with Crippen LogP contribution in [0.2, 0.25) is 10.0 Å². The molecule has 2 unspecified atom stereocenters. The fourth-order valence-electron chi connectivity index (χ4n) is 4.07. The van der Waals surface area contributed by atoms with Crippen LogP contribution >= 0.6 is 23.2 Å². The SMILES string of the molecule is CC(C)c1ccc2c(c1)C(=O)N(C(C(=O)[O-])c1ccc(Cl)cc1)C(c1ccc(Cl)cc1)C(=O)N2. The number of nitrogens with one attached hydrogen (secondary N) is 1. The molecule has 0 fully saturated rings. The summed E-state index contributed by atoms with van der Waals surface area (Å²) >= 11 is 12.0. The van der Waals surface area contributed by atoms with Crippen molar-refractivity contribution in [2.75, 3.05) is 5.32 Å². The summed E-state index contributed by atoms with van der Waals surface area (Å²) in [6.07, 6.45) is 0. The van der Waals surface area contributed by atoms with Gasteiger partial charge in [-0.05, 0) is 59.0 Å². The summed E-state index contributed by atoms with van der Waals surface area (Å²) in [7, 11) is 0. The van der Waals surface area contributed by atoms with E-state index in [9.17, 15) is 19.5 Å². The van der Waals surface area contributed by atoms with Crippen molar-refractivity contribution in [3.05, 3.63) is 99.0 Å². The molecule has 0 radical (unpaired) electrons. The number of aliphatic carboxylic acids is 1. The molecule has 0 aromatic heterocycles. The second kappa shape index (κ2) is 9.49. The lowest BCUT2D eigenvalue weighted by atomic mass is 9.96. The molecule has 0 saturated carbocycles. The lowest BCUT2D eigenvalue weighted by Crippen LogP contribution is -2.48. The highest BCUT2D eigenvalue weighted by molar-refractivity contribution is 6.30. The number of halogens is 2. The topological polar surface area (TPSA) is 89.5 Å². The predicted octanol–water partition coefficient (Wildman–Crippen LogP) is 4.74. The Kier molecular flexibility index (Phi) is 6.64. The van der Waals surface area contributed by atoms with Crippen molar-refractivity contribution >= 4 is 46.7 Å². The van der Waals surface area contributed by atoms with Gasteiger partial charge in [0.15, 0.2) is 0 Å². The maximum absolute atomic E-state index is 14.0. The van der Waals surface area contributed by atoms with Gasteiger partial charge in [-0.1, -0.05) is 67.4 Å². The van der Waals surface area contributed by atoms with Gasteiger partial charge in [0, 0.05) is 10.0 Å². The molecule has 0 bridgehead atoms. The summed E-state index contributed by atoms with van der Waals surface area (Å²) in [4.78, 5) is 41.0. The normalized spacial score (nSPS) is 16.6. The average Bonchev–Trinajstić information content (AvgIpc) is 2.90. The molecule has 2 amide bonds. The number of amides is 2. The van der Waals surface area contributed by atoms with Crippen molar-refractivity contribution in [2.45, 2.75) is 31.8 Å². The standard InChI is InChI=1S/C26H22Cl2N2O4/c1-14(2)17-7-12-21-20(13-17)25(32)30(23(26(33)34)16-5-10-19(28)11-6-16)22(24(31)29-21)15-3-8-18(27)9-4-15/h3-14,22-23H,1-2H3,(H,29,31)(H,33,34)/p-1. The number of nitrogens with zero attached hydrogens (tertiary/aromatic N) is 1. The van der Waals surface area contributed by atoms with E-state index >= 15 is 0 Å². The first-order valence-corrected chi connectivity index (χ1v) is 11.4. The largest absolute Gasteiger partial charge is 0.548 e. The molecule has 1 aliphatic rings. The summed E-state index contributed by atoms with van der Waals surface area (Å²) in [6.45, 7) is 3.96. The lowest BCUT2D eigenvalue weighted by Gasteiger charge is -2.37. The van der Waals surface area contributed by atoms with E-state index in [0.29, 0.717) is 21.3 Å². The molecule has 0 saturated heterocycles. The van der Waals surface area contributed by atoms with Gasteiger partial charge >= 0.3 is 0 Å². The molecule has 0 aliphatic carbocycles. The lowest BCUT2D eigenvalue weighted by molar-refractivity contribution is -0.311. The van der Waals surface area contributed by atoms with Gasteiger partial charge in [-0.25, -0.2) is 0 Å². The van der Waals surface area contributed by atoms with Gasteiger partial charge in [0.05, 0.1) is 23.3 Å². The Morgan fingerprint density at radius 2 is 1.47 bits per heavy atom. The van der Waals surface area contributed by atoms with Crippen molar-refractivity contribution in [1.82, 2.24) is 4.90 Å². The van der Waals surface area contributed by atoms with Crippen LogP contribution in [0.1, 0.15) is 58.9 Å². The molecule has 1 heterocycles. The molecule has 2 atom stereocenters. The minimum atomic E-state index is -1.55. The number of rotatable bonds is 5. The summed E-state index contributed by atoms with van der Waals surface area (Å²) in [5, 5.41) is 16.1. The number of carbonyl (C=O) groups is 3. The second-order valence-electron chi connectivity index (χ2n) is 8.39. The summed E-state index contributed by atoms with van der Waals surface area (Å²) in [6, 6.07) is 14.8. The van der Waals surface area contributed by atoms with Crippen LogP contribution in [0.4, 0.5) is 5.69 Å². The summed E-state index contributed by atoms with van der Waals surface area (Å²) in [5.74, 6) is -2.57. The zero-order valence-electron chi connectivity index (χ0n) is 18.4. The Labute approximate surface area is 207 Å². The third-order valence-corrected chi connectivity index (χ3v) is 6.34. The number of carbonyl (C=O) groups excluding carboxylic acids is 3. The Morgan fingerprint density at radius 1 is 0.912 bits per heavy atom. The van der Waals surface area contributed by atoms with Crippen molar-refractivity contribution in [1.29, 1.82) is 0 Å². The maximum atomic E-state index is 14.0. The number of hydrogen-bond donors (Lipinski definition) is 1. The molecule has 174 valence electrons. The first kappa shape index (κ1) is 23.8. The highest BCUT2D eigenvalue weighted by atomic mass is 35.5. The number of carboxylic acids is 1. The third kappa shape index (κ3) is 4.52. The van der Waals surface area contributed by atoms with E-state index in [4.69, 9.17) is 23.2 Å². The van der Waals surface area contributed by atoms with Crippen LogP contribution in [0.15, 0.2) is 66.7 Å². The van der Waals surface area contributed by atoms with Crippen molar-refractivity contribution < 1.29 is 19.5 Å². The van der Waals surface area contributed by atoms with Gasteiger partial charge in [-0.15, -0.1) is 0 Å². The number of anilines is 1. The van der Waals surface area contributed by atoms with Crippen molar-refractivity contribution in [3.63, 3.8) is 0 Å². The molecule has 0 spiro atoms. The highest BCUT2D eigenvalue weighted by Crippen LogP contribution is 2.38. The monoisotopic (exact) mass is 495 g/mol. The van der Waals surface area contributed by atoms with Gasteiger partial charge in [0.2, 0.25) is 0 Å². The van der Waals surface area contributed by atoms with E-state index in [-0.39, 0.29) is 17.0 Å². The fourth-order valence-corrected chi connectivity index (χ4v) is 4.32. The molecule has 8 heteroatoms. The number of hydrogen-bond acceptors (Lipinski definition) is 4. The number of benzene rings is 3. The maximum Gasteiger partial charge on any atom is 0.257 e. The quantitative estimate of drug-likeness (QED) is 0.553. The van der Waals surface area contributed by atoms with E-state index in [1.165, 1.54) is 24.3 Å². The van der Waals surface area contributed by atoms with Crippen LogP contribution in [0, 0.1) is 0 Å². The smallest absolute Gasteiger partial charge is 0.257 e. The Balaban J connectivity index is 1.95. The first-order chi connectivity index (χ1) is 16.2. The molecule has 3 aromatic carbocycles. The Morgan fingerprint density at radius 3 is 2.03 bits per heavy atom. The highest BCUT2D eigenvalue weighted by Gasteiger charge is 2.41. The Bertz CT molecular complexity index is 1260. The zero-order chi connectivity index (χ0) is 24.6. The minimum Gasteiger partial charge on any atom is -0.548 e. The van der Waals surface area contributed by atoms with E-state index < -0.39 is 29.9 Å².